The molecule has 0 bridgehead atoms. The van der Waals surface area contributed by atoms with Crippen molar-refractivity contribution in [3.8, 4) is 5.75 Å². The second-order valence-electron chi connectivity index (χ2n) is 5.66. The molecule has 0 fully saturated rings. The van der Waals surface area contributed by atoms with Crippen LogP contribution in [0.5, 0.6) is 5.75 Å². The molecular weight excluding hydrogens is 229 g/mol. The third-order valence-electron chi connectivity index (χ3n) is 3.83. The molecule has 0 saturated heterocycles. The predicted molar refractivity (Wildman–Crippen MR) is 71.2 cm³/mol. The minimum atomic E-state index is -0.187. The maximum absolute atomic E-state index is 13.1. The lowest BCUT2D eigenvalue weighted by Gasteiger charge is -2.30. The predicted octanol–water partition coefficient (Wildman–Crippen LogP) is 3.28. The topological polar surface area (TPSA) is 35.2 Å². The second kappa shape index (κ2) is 5.27. The first-order chi connectivity index (χ1) is 8.56. The van der Waals surface area contributed by atoms with Crippen LogP contribution < -0.4 is 10.5 Å². The van der Waals surface area contributed by atoms with E-state index in [1.54, 1.807) is 12.1 Å². The fourth-order valence-corrected chi connectivity index (χ4v) is 2.84. The van der Waals surface area contributed by atoms with Crippen LogP contribution in [0.25, 0.3) is 0 Å². The second-order valence-corrected chi connectivity index (χ2v) is 5.66. The van der Waals surface area contributed by atoms with Gasteiger partial charge in [0.15, 0.2) is 0 Å². The zero-order valence-corrected chi connectivity index (χ0v) is 11.2. The van der Waals surface area contributed by atoms with Gasteiger partial charge >= 0.3 is 0 Å². The van der Waals surface area contributed by atoms with Gasteiger partial charge in [-0.15, -0.1) is 0 Å². The lowest BCUT2D eigenvalue weighted by molar-refractivity contribution is 0.142. The maximum atomic E-state index is 13.1. The minimum absolute atomic E-state index is 0.125. The minimum Gasteiger partial charge on any atom is -0.490 e. The Balaban J connectivity index is 2.02. The van der Waals surface area contributed by atoms with Crippen molar-refractivity contribution < 1.29 is 9.13 Å². The van der Waals surface area contributed by atoms with E-state index in [-0.39, 0.29) is 17.3 Å². The van der Waals surface area contributed by atoms with Gasteiger partial charge < -0.3 is 10.5 Å². The zero-order chi connectivity index (χ0) is 13.2. The lowest BCUT2D eigenvalue weighted by Crippen LogP contribution is -2.33. The van der Waals surface area contributed by atoms with E-state index in [9.17, 15) is 4.39 Å². The van der Waals surface area contributed by atoms with Crippen molar-refractivity contribution in [2.75, 3.05) is 6.54 Å². The third-order valence-corrected chi connectivity index (χ3v) is 3.83. The van der Waals surface area contributed by atoms with E-state index >= 15 is 0 Å². The van der Waals surface area contributed by atoms with Crippen LogP contribution in [0.2, 0.25) is 0 Å². The van der Waals surface area contributed by atoms with Gasteiger partial charge in [0.1, 0.15) is 17.7 Å². The summed E-state index contributed by atoms with van der Waals surface area (Å²) in [6.45, 7) is 5.06. The van der Waals surface area contributed by atoms with Gasteiger partial charge in [-0.3, -0.25) is 0 Å². The molecule has 18 heavy (non-hydrogen) atoms. The van der Waals surface area contributed by atoms with Gasteiger partial charge in [0, 0.05) is 12.0 Å². The fourth-order valence-electron chi connectivity index (χ4n) is 2.84. The molecule has 2 nitrogen and oxygen atoms in total. The van der Waals surface area contributed by atoms with Crippen LogP contribution >= 0.6 is 0 Å². The fraction of sp³-hybridized carbons (Fsp3) is 0.600. The largest absolute Gasteiger partial charge is 0.490 e. The summed E-state index contributed by atoms with van der Waals surface area (Å²) in [6, 6.07) is 4.76. The molecule has 0 radical (unpaired) electrons. The van der Waals surface area contributed by atoms with Crippen molar-refractivity contribution in [2.24, 2.45) is 11.1 Å². The smallest absolute Gasteiger partial charge is 0.123 e. The Bertz CT molecular complexity index is 421. The van der Waals surface area contributed by atoms with Gasteiger partial charge in [0.25, 0.3) is 0 Å². The molecule has 0 saturated carbocycles. The summed E-state index contributed by atoms with van der Waals surface area (Å²) in [7, 11) is 0. The van der Waals surface area contributed by atoms with Crippen LogP contribution in [0.3, 0.4) is 0 Å². The molecule has 0 aromatic heterocycles. The normalized spacial score (nSPS) is 21.2. The molecule has 0 amide bonds. The molecule has 1 heterocycles. The Kier molecular flexibility index (Phi) is 3.91. The first-order valence-corrected chi connectivity index (χ1v) is 6.71. The highest BCUT2D eigenvalue weighted by atomic mass is 19.1. The number of fused-ring (bicyclic) bond motifs is 1. The quantitative estimate of drug-likeness (QED) is 0.871. The van der Waals surface area contributed by atoms with Gasteiger partial charge in [0.05, 0.1) is 0 Å². The first-order valence-electron chi connectivity index (χ1n) is 6.71. The van der Waals surface area contributed by atoms with E-state index in [4.69, 9.17) is 10.5 Å². The molecule has 0 aliphatic carbocycles. The summed E-state index contributed by atoms with van der Waals surface area (Å²) >= 11 is 0. The third kappa shape index (κ3) is 2.83. The molecule has 1 aromatic rings. The van der Waals surface area contributed by atoms with Crippen LogP contribution in [0, 0.1) is 11.2 Å². The summed E-state index contributed by atoms with van der Waals surface area (Å²) in [4.78, 5) is 0. The van der Waals surface area contributed by atoms with Crippen molar-refractivity contribution in [2.45, 2.75) is 45.6 Å². The number of halogens is 1. The molecule has 2 rings (SSSR count). The van der Waals surface area contributed by atoms with Crippen LogP contribution in [0.15, 0.2) is 18.2 Å². The molecule has 0 spiro atoms. The SMILES string of the molecule is CCCC(C)(CN)CC1Cc2cc(F)ccc2O1. The maximum Gasteiger partial charge on any atom is 0.123 e. The standard InChI is InChI=1S/C15H22FNO/c1-3-6-15(2,10-17)9-13-8-11-7-12(16)4-5-14(11)18-13/h4-5,7,13H,3,6,8-10,17H2,1-2H3. The van der Waals surface area contributed by atoms with Gasteiger partial charge in [0.2, 0.25) is 0 Å². The Morgan fingerprint density at radius 3 is 2.94 bits per heavy atom. The molecular formula is C15H22FNO. The number of nitrogens with two attached hydrogens (primary N) is 1. The summed E-state index contributed by atoms with van der Waals surface area (Å²) in [5, 5.41) is 0. The number of rotatable bonds is 5. The van der Waals surface area contributed by atoms with E-state index in [1.165, 1.54) is 6.07 Å². The van der Waals surface area contributed by atoms with Gasteiger partial charge in [-0.1, -0.05) is 20.3 Å². The van der Waals surface area contributed by atoms with E-state index < -0.39 is 0 Å². The average molecular weight is 251 g/mol. The van der Waals surface area contributed by atoms with Crippen molar-refractivity contribution in [3.05, 3.63) is 29.6 Å². The summed E-state index contributed by atoms with van der Waals surface area (Å²) in [5.74, 6) is 0.644. The van der Waals surface area contributed by atoms with Gasteiger partial charge in [-0.05, 0) is 43.0 Å². The van der Waals surface area contributed by atoms with Crippen LogP contribution in [-0.2, 0) is 6.42 Å². The molecule has 3 heteroatoms. The van der Waals surface area contributed by atoms with Crippen molar-refractivity contribution >= 4 is 0 Å². The summed E-state index contributed by atoms with van der Waals surface area (Å²) < 4.78 is 19.0. The number of hydrogen-bond donors (Lipinski definition) is 1. The molecule has 1 aromatic carbocycles. The van der Waals surface area contributed by atoms with Crippen LogP contribution in [0.4, 0.5) is 4.39 Å². The number of ether oxygens (including phenoxy) is 1. The molecule has 1 aliphatic heterocycles. The van der Waals surface area contributed by atoms with E-state index in [1.807, 2.05) is 0 Å². The van der Waals surface area contributed by atoms with Gasteiger partial charge in [-0.25, -0.2) is 4.39 Å². The Morgan fingerprint density at radius 1 is 1.50 bits per heavy atom. The Morgan fingerprint density at radius 2 is 2.28 bits per heavy atom. The molecule has 2 unspecified atom stereocenters. The Labute approximate surface area is 108 Å². The average Bonchev–Trinajstić information content (AvgIpc) is 2.70. The first kappa shape index (κ1) is 13.3. The van der Waals surface area contributed by atoms with Crippen molar-refractivity contribution in [1.29, 1.82) is 0 Å². The zero-order valence-electron chi connectivity index (χ0n) is 11.2. The van der Waals surface area contributed by atoms with Gasteiger partial charge in [-0.2, -0.15) is 0 Å². The molecule has 2 N–H and O–H groups in total. The highest BCUT2D eigenvalue weighted by molar-refractivity contribution is 5.37. The highest BCUT2D eigenvalue weighted by Gasteiger charge is 2.31. The van der Waals surface area contributed by atoms with Crippen LogP contribution in [0.1, 0.15) is 38.7 Å². The van der Waals surface area contributed by atoms with E-state index in [0.29, 0.717) is 6.54 Å². The van der Waals surface area contributed by atoms with E-state index in [0.717, 1.165) is 37.0 Å². The monoisotopic (exact) mass is 251 g/mol. The van der Waals surface area contributed by atoms with E-state index in [2.05, 4.69) is 13.8 Å². The molecule has 100 valence electrons. The van der Waals surface area contributed by atoms with Crippen molar-refractivity contribution in [1.82, 2.24) is 0 Å². The number of benzene rings is 1. The summed E-state index contributed by atoms with van der Waals surface area (Å²) in [5.41, 5.74) is 6.99. The highest BCUT2D eigenvalue weighted by Crippen LogP contribution is 2.36. The van der Waals surface area contributed by atoms with Crippen molar-refractivity contribution in [3.63, 3.8) is 0 Å². The Hall–Kier alpha value is -1.09. The summed E-state index contributed by atoms with van der Waals surface area (Å²) in [6.07, 6.45) is 4.11. The van der Waals surface area contributed by atoms with Crippen LogP contribution in [-0.4, -0.2) is 12.6 Å². The lowest BCUT2D eigenvalue weighted by atomic mass is 9.80. The molecule has 1 aliphatic rings. The number of hydrogen-bond acceptors (Lipinski definition) is 2. The molecule has 2 atom stereocenters.